The second kappa shape index (κ2) is 6.57. The highest BCUT2D eigenvalue weighted by Gasteiger charge is 2.48. The largest absolute Gasteiger partial charge is 0.479 e. The van der Waals surface area contributed by atoms with Crippen molar-refractivity contribution in [3.8, 4) is 0 Å². The molecule has 1 amide bonds. The monoisotopic (exact) mass is 283 g/mol. The Kier molecular flexibility index (Phi) is 5.02. The SMILES string of the molecule is CCC1(C(=O)O)CCCN1C(=O)CCC1CCCCO1. The van der Waals surface area contributed by atoms with Crippen molar-refractivity contribution in [2.75, 3.05) is 13.2 Å². The molecule has 5 heteroatoms. The number of hydrogen-bond acceptors (Lipinski definition) is 3. The van der Waals surface area contributed by atoms with Crippen molar-refractivity contribution in [2.24, 2.45) is 0 Å². The van der Waals surface area contributed by atoms with Crippen LogP contribution in [0.25, 0.3) is 0 Å². The van der Waals surface area contributed by atoms with Crippen LogP contribution in [0.2, 0.25) is 0 Å². The molecular formula is C15H25NO4. The van der Waals surface area contributed by atoms with Crippen LogP contribution < -0.4 is 0 Å². The van der Waals surface area contributed by atoms with Gasteiger partial charge in [-0.3, -0.25) is 4.79 Å². The molecule has 0 saturated carbocycles. The number of aliphatic carboxylic acids is 1. The van der Waals surface area contributed by atoms with Crippen molar-refractivity contribution >= 4 is 11.9 Å². The van der Waals surface area contributed by atoms with E-state index in [0.29, 0.717) is 25.8 Å². The van der Waals surface area contributed by atoms with Crippen LogP contribution in [0.3, 0.4) is 0 Å². The fourth-order valence-electron chi connectivity index (χ4n) is 3.44. The van der Waals surface area contributed by atoms with Gasteiger partial charge in [0.2, 0.25) is 5.91 Å². The maximum absolute atomic E-state index is 12.4. The molecule has 0 radical (unpaired) electrons. The van der Waals surface area contributed by atoms with Crippen LogP contribution in [-0.2, 0) is 14.3 Å². The molecule has 2 atom stereocenters. The number of hydrogen-bond donors (Lipinski definition) is 1. The Morgan fingerprint density at radius 3 is 2.75 bits per heavy atom. The molecule has 2 aliphatic rings. The third kappa shape index (κ3) is 2.97. The number of rotatable bonds is 5. The van der Waals surface area contributed by atoms with Gasteiger partial charge in [-0.05, 0) is 44.9 Å². The fourth-order valence-corrected chi connectivity index (χ4v) is 3.44. The van der Waals surface area contributed by atoms with E-state index in [1.54, 1.807) is 4.90 Å². The van der Waals surface area contributed by atoms with Gasteiger partial charge in [0.05, 0.1) is 6.10 Å². The molecule has 20 heavy (non-hydrogen) atoms. The lowest BCUT2D eigenvalue weighted by molar-refractivity contribution is -0.157. The molecule has 114 valence electrons. The van der Waals surface area contributed by atoms with Crippen molar-refractivity contribution in [2.45, 2.75) is 69.9 Å². The topological polar surface area (TPSA) is 66.8 Å². The molecule has 2 heterocycles. The molecule has 1 N–H and O–H groups in total. The summed E-state index contributed by atoms with van der Waals surface area (Å²) in [5.41, 5.74) is -0.968. The highest BCUT2D eigenvalue weighted by Crippen LogP contribution is 2.33. The van der Waals surface area contributed by atoms with Gasteiger partial charge in [0.25, 0.3) is 0 Å². The summed E-state index contributed by atoms with van der Waals surface area (Å²) >= 11 is 0. The second-order valence-corrected chi connectivity index (χ2v) is 5.87. The Morgan fingerprint density at radius 2 is 2.15 bits per heavy atom. The summed E-state index contributed by atoms with van der Waals surface area (Å²) in [6, 6.07) is 0. The molecule has 0 spiro atoms. The minimum Gasteiger partial charge on any atom is -0.479 e. The maximum Gasteiger partial charge on any atom is 0.329 e. The van der Waals surface area contributed by atoms with Crippen LogP contribution >= 0.6 is 0 Å². The second-order valence-electron chi connectivity index (χ2n) is 5.87. The van der Waals surface area contributed by atoms with Crippen molar-refractivity contribution in [3.05, 3.63) is 0 Å². The van der Waals surface area contributed by atoms with Crippen LogP contribution in [-0.4, -0.2) is 46.7 Å². The normalized spacial score (nSPS) is 30.4. The van der Waals surface area contributed by atoms with Crippen molar-refractivity contribution in [1.29, 1.82) is 0 Å². The molecule has 2 rings (SSSR count). The third-order valence-electron chi connectivity index (χ3n) is 4.73. The maximum atomic E-state index is 12.4. The van der Waals surface area contributed by atoms with Gasteiger partial charge < -0.3 is 14.7 Å². The molecule has 2 fully saturated rings. The Hall–Kier alpha value is -1.10. The van der Waals surface area contributed by atoms with E-state index in [1.807, 2.05) is 6.92 Å². The van der Waals surface area contributed by atoms with E-state index in [-0.39, 0.29) is 12.0 Å². The van der Waals surface area contributed by atoms with Crippen molar-refractivity contribution in [3.63, 3.8) is 0 Å². The number of ether oxygens (including phenoxy) is 1. The summed E-state index contributed by atoms with van der Waals surface area (Å²) in [6.07, 6.45) is 6.42. The first-order chi connectivity index (χ1) is 9.60. The first-order valence-electron chi connectivity index (χ1n) is 7.75. The molecule has 2 unspecified atom stereocenters. The van der Waals surface area contributed by atoms with Gasteiger partial charge in [0.1, 0.15) is 5.54 Å². The Labute approximate surface area is 120 Å². The molecule has 2 aliphatic heterocycles. The summed E-state index contributed by atoms with van der Waals surface area (Å²) in [7, 11) is 0. The molecule has 5 nitrogen and oxygen atoms in total. The number of carbonyl (C=O) groups excluding carboxylic acids is 1. The molecule has 0 aromatic rings. The number of carboxylic acid groups (broad SMARTS) is 1. The van der Waals surface area contributed by atoms with E-state index in [2.05, 4.69) is 0 Å². The average Bonchev–Trinajstić information content (AvgIpc) is 2.91. The van der Waals surface area contributed by atoms with Crippen molar-refractivity contribution in [1.82, 2.24) is 4.90 Å². The fraction of sp³-hybridized carbons (Fsp3) is 0.867. The van der Waals surface area contributed by atoms with E-state index >= 15 is 0 Å². The van der Waals surface area contributed by atoms with Crippen LogP contribution in [0.15, 0.2) is 0 Å². The predicted octanol–water partition coefficient (Wildman–Crippen LogP) is 2.19. The molecule has 0 aliphatic carbocycles. The Balaban J connectivity index is 1.92. The number of carbonyl (C=O) groups is 2. The summed E-state index contributed by atoms with van der Waals surface area (Å²) < 4.78 is 5.63. The van der Waals surface area contributed by atoms with E-state index in [4.69, 9.17) is 4.74 Å². The lowest BCUT2D eigenvalue weighted by Crippen LogP contribution is -2.52. The van der Waals surface area contributed by atoms with Crippen molar-refractivity contribution < 1.29 is 19.4 Å². The van der Waals surface area contributed by atoms with Gasteiger partial charge in [-0.1, -0.05) is 6.92 Å². The molecule has 0 aromatic heterocycles. The van der Waals surface area contributed by atoms with E-state index in [9.17, 15) is 14.7 Å². The molecule has 0 aromatic carbocycles. The van der Waals surface area contributed by atoms with Gasteiger partial charge in [-0.15, -0.1) is 0 Å². The lowest BCUT2D eigenvalue weighted by atomic mass is 9.92. The van der Waals surface area contributed by atoms with E-state index in [1.165, 1.54) is 0 Å². The first-order valence-corrected chi connectivity index (χ1v) is 7.75. The van der Waals surface area contributed by atoms with Crippen LogP contribution in [0.5, 0.6) is 0 Å². The van der Waals surface area contributed by atoms with Gasteiger partial charge in [-0.25, -0.2) is 4.79 Å². The standard InChI is InChI=1S/C15H25NO4/c1-2-15(14(18)19)9-5-10-16(15)13(17)8-7-12-6-3-4-11-20-12/h12H,2-11H2,1H3,(H,18,19). The summed E-state index contributed by atoms with van der Waals surface area (Å²) in [5.74, 6) is -0.888. The number of nitrogens with zero attached hydrogens (tertiary/aromatic N) is 1. The minimum absolute atomic E-state index is 0.0269. The predicted molar refractivity (Wildman–Crippen MR) is 74.4 cm³/mol. The number of carboxylic acids is 1. The van der Waals surface area contributed by atoms with Gasteiger partial charge in [0, 0.05) is 19.6 Å². The van der Waals surface area contributed by atoms with Gasteiger partial charge in [-0.2, -0.15) is 0 Å². The molecule has 2 saturated heterocycles. The lowest BCUT2D eigenvalue weighted by Gasteiger charge is -2.34. The zero-order valence-electron chi connectivity index (χ0n) is 12.3. The first kappa shape index (κ1) is 15.3. The highest BCUT2D eigenvalue weighted by atomic mass is 16.5. The minimum atomic E-state index is -0.968. The zero-order chi connectivity index (χ0) is 14.6. The summed E-state index contributed by atoms with van der Waals surface area (Å²) in [6.45, 7) is 3.21. The highest BCUT2D eigenvalue weighted by molar-refractivity contribution is 5.87. The molecule has 0 bridgehead atoms. The van der Waals surface area contributed by atoms with E-state index in [0.717, 1.165) is 38.7 Å². The molecular weight excluding hydrogens is 258 g/mol. The Morgan fingerprint density at radius 1 is 1.35 bits per heavy atom. The van der Waals surface area contributed by atoms with Gasteiger partial charge >= 0.3 is 5.97 Å². The average molecular weight is 283 g/mol. The summed E-state index contributed by atoms with van der Waals surface area (Å²) in [5, 5.41) is 9.48. The van der Waals surface area contributed by atoms with E-state index < -0.39 is 11.5 Å². The number of likely N-dealkylation sites (tertiary alicyclic amines) is 1. The smallest absolute Gasteiger partial charge is 0.329 e. The number of amides is 1. The van der Waals surface area contributed by atoms with Gasteiger partial charge in [0.15, 0.2) is 0 Å². The quantitative estimate of drug-likeness (QED) is 0.840. The van der Waals surface area contributed by atoms with Crippen LogP contribution in [0.1, 0.15) is 58.3 Å². The third-order valence-corrected chi connectivity index (χ3v) is 4.73. The Bertz CT molecular complexity index is 365. The van der Waals surface area contributed by atoms with Crippen LogP contribution in [0, 0.1) is 0 Å². The zero-order valence-corrected chi connectivity index (χ0v) is 12.3. The van der Waals surface area contributed by atoms with Crippen LogP contribution in [0.4, 0.5) is 0 Å². The summed E-state index contributed by atoms with van der Waals surface area (Å²) in [4.78, 5) is 25.5.